The van der Waals surface area contributed by atoms with Crippen molar-refractivity contribution in [1.29, 1.82) is 0 Å². The van der Waals surface area contributed by atoms with Gasteiger partial charge in [0, 0.05) is 31.4 Å². The quantitative estimate of drug-likeness (QED) is 0.337. The molecule has 0 fully saturated rings. The highest BCUT2D eigenvalue weighted by Gasteiger charge is 2.07. The molecular weight excluding hydrogens is 387 g/mol. The molecule has 5 heteroatoms. The van der Waals surface area contributed by atoms with Crippen LogP contribution >= 0.6 is 24.0 Å². The average molecular weight is 414 g/mol. The molecule has 0 radical (unpaired) electrons. The molecule has 1 aliphatic heterocycles. The van der Waals surface area contributed by atoms with Gasteiger partial charge in [0.2, 0.25) is 0 Å². The highest BCUT2D eigenvalue weighted by Crippen LogP contribution is 2.18. The second kappa shape index (κ2) is 9.71. The van der Waals surface area contributed by atoms with E-state index >= 15 is 0 Å². The molecule has 2 rings (SSSR count). The summed E-state index contributed by atoms with van der Waals surface area (Å²) >= 11 is 0. The number of anilines is 1. The van der Waals surface area contributed by atoms with E-state index in [9.17, 15) is 0 Å². The van der Waals surface area contributed by atoms with E-state index in [1.807, 2.05) is 0 Å². The Morgan fingerprint density at radius 2 is 2.00 bits per heavy atom. The molecule has 0 spiro atoms. The molecule has 22 heavy (non-hydrogen) atoms. The minimum Gasteiger partial charge on any atom is -0.364 e. The Morgan fingerprint density at radius 3 is 2.64 bits per heavy atom. The molecule has 122 valence electrons. The van der Waals surface area contributed by atoms with Gasteiger partial charge in [-0.05, 0) is 38.5 Å². The van der Waals surface area contributed by atoms with Crippen LogP contribution in [0, 0.1) is 0 Å². The van der Waals surface area contributed by atoms with E-state index in [1.165, 1.54) is 11.3 Å². The average Bonchev–Trinajstić information content (AvgIpc) is 2.99. The largest absolute Gasteiger partial charge is 0.364 e. The number of hydrogen-bond donors (Lipinski definition) is 2. The SMILES string of the molecule is CCNC(=NCc1cccc(N2CC=CC2)c1)NC(C)C.I. The van der Waals surface area contributed by atoms with Gasteiger partial charge >= 0.3 is 0 Å². The summed E-state index contributed by atoms with van der Waals surface area (Å²) in [6.07, 6.45) is 4.42. The molecular formula is C17H27IN4. The van der Waals surface area contributed by atoms with Crippen molar-refractivity contribution in [2.24, 2.45) is 4.99 Å². The number of rotatable bonds is 5. The third-order valence-electron chi connectivity index (χ3n) is 3.28. The fourth-order valence-electron chi connectivity index (χ4n) is 2.30. The van der Waals surface area contributed by atoms with Gasteiger partial charge in [0.1, 0.15) is 0 Å². The van der Waals surface area contributed by atoms with E-state index in [0.717, 1.165) is 25.6 Å². The number of nitrogens with one attached hydrogen (secondary N) is 2. The minimum atomic E-state index is 0. The van der Waals surface area contributed by atoms with Crippen LogP contribution < -0.4 is 15.5 Å². The van der Waals surface area contributed by atoms with Crippen LogP contribution in [0.4, 0.5) is 5.69 Å². The highest BCUT2D eigenvalue weighted by molar-refractivity contribution is 14.0. The Labute approximate surface area is 151 Å². The third-order valence-corrected chi connectivity index (χ3v) is 3.28. The summed E-state index contributed by atoms with van der Waals surface area (Å²) < 4.78 is 0. The van der Waals surface area contributed by atoms with E-state index in [2.05, 4.69) is 77.7 Å². The molecule has 1 aliphatic rings. The standard InChI is InChI=1S/C17H26N4.HI/c1-4-18-17(20-14(2)3)19-13-15-8-7-9-16(12-15)21-10-5-6-11-21;/h5-9,12,14H,4,10-11,13H2,1-3H3,(H2,18,19,20);1H. The number of benzene rings is 1. The molecule has 1 aromatic carbocycles. The summed E-state index contributed by atoms with van der Waals surface area (Å²) in [6, 6.07) is 9.02. The minimum absolute atomic E-state index is 0. The summed E-state index contributed by atoms with van der Waals surface area (Å²) in [5, 5.41) is 6.61. The maximum atomic E-state index is 4.65. The Balaban J connectivity index is 0.00000242. The fourth-order valence-corrected chi connectivity index (χ4v) is 2.30. The first-order chi connectivity index (χ1) is 10.2. The molecule has 0 unspecified atom stereocenters. The van der Waals surface area contributed by atoms with Gasteiger partial charge in [-0.25, -0.2) is 4.99 Å². The van der Waals surface area contributed by atoms with Gasteiger partial charge in [0.15, 0.2) is 5.96 Å². The predicted octanol–water partition coefficient (Wildman–Crippen LogP) is 3.14. The smallest absolute Gasteiger partial charge is 0.191 e. The molecule has 1 aromatic rings. The van der Waals surface area contributed by atoms with Crippen molar-refractivity contribution in [2.75, 3.05) is 24.5 Å². The van der Waals surface area contributed by atoms with Gasteiger partial charge in [-0.1, -0.05) is 24.3 Å². The monoisotopic (exact) mass is 414 g/mol. The van der Waals surface area contributed by atoms with E-state index in [1.54, 1.807) is 0 Å². The van der Waals surface area contributed by atoms with Gasteiger partial charge in [-0.3, -0.25) is 0 Å². The summed E-state index contributed by atoms with van der Waals surface area (Å²) in [4.78, 5) is 7.00. The number of nitrogens with zero attached hydrogens (tertiary/aromatic N) is 2. The Morgan fingerprint density at radius 1 is 1.27 bits per heavy atom. The lowest BCUT2D eigenvalue weighted by molar-refractivity contribution is 0.700. The van der Waals surface area contributed by atoms with Crippen molar-refractivity contribution in [1.82, 2.24) is 10.6 Å². The Hall–Kier alpha value is -1.24. The molecule has 0 saturated carbocycles. The first-order valence-corrected chi connectivity index (χ1v) is 7.72. The lowest BCUT2D eigenvalue weighted by Gasteiger charge is -2.18. The number of halogens is 1. The molecule has 1 heterocycles. The fraction of sp³-hybridized carbons (Fsp3) is 0.471. The van der Waals surface area contributed by atoms with Crippen LogP contribution in [0.1, 0.15) is 26.3 Å². The summed E-state index contributed by atoms with van der Waals surface area (Å²) in [5.41, 5.74) is 2.51. The Bertz CT molecular complexity index is 503. The first kappa shape index (κ1) is 18.8. The van der Waals surface area contributed by atoms with Crippen molar-refractivity contribution in [3.05, 3.63) is 42.0 Å². The van der Waals surface area contributed by atoms with Gasteiger partial charge in [0.05, 0.1) is 6.54 Å². The number of hydrogen-bond acceptors (Lipinski definition) is 2. The second-order valence-electron chi connectivity index (χ2n) is 5.54. The van der Waals surface area contributed by atoms with Crippen LogP contribution in [0.3, 0.4) is 0 Å². The predicted molar refractivity (Wildman–Crippen MR) is 106 cm³/mol. The maximum absolute atomic E-state index is 4.65. The van der Waals surface area contributed by atoms with E-state index in [0.29, 0.717) is 12.6 Å². The van der Waals surface area contributed by atoms with E-state index in [4.69, 9.17) is 0 Å². The van der Waals surface area contributed by atoms with Crippen LogP contribution in [0.25, 0.3) is 0 Å². The van der Waals surface area contributed by atoms with Crippen LogP contribution in [0.2, 0.25) is 0 Å². The highest BCUT2D eigenvalue weighted by atomic mass is 127. The van der Waals surface area contributed by atoms with Gasteiger partial charge in [-0.2, -0.15) is 0 Å². The van der Waals surface area contributed by atoms with Crippen molar-refractivity contribution in [3.63, 3.8) is 0 Å². The summed E-state index contributed by atoms with van der Waals surface area (Å²) in [5.74, 6) is 0.876. The molecule has 0 bridgehead atoms. The molecule has 4 nitrogen and oxygen atoms in total. The van der Waals surface area contributed by atoms with Gasteiger partial charge < -0.3 is 15.5 Å². The zero-order chi connectivity index (χ0) is 15.1. The normalized spacial score (nSPS) is 14.2. The van der Waals surface area contributed by atoms with Crippen LogP contribution in [0.15, 0.2) is 41.4 Å². The van der Waals surface area contributed by atoms with Gasteiger partial charge in [-0.15, -0.1) is 24.0 Å². The Kier molecular flexibility index (Phi) is 8.30. The van der Waals surface area contributed by atoms with Crippen molar-refractivity contribution in [2.45, 2.75) is 33.4 Å². The van der Waals surface area contributed by atoms with Crippen LogP contribution in [-0.2, 0) is 6.54 Å². The van der Waals surface area contributed by atoms with Gasteiger partial charge in [0.25, 0.3) is 0 Å². The lowest BCUT2D eigenvalue weighted by Crippen LogP contribution is -2.41. The molecule has 2 N–H and O–H groups in total. The van der Waals surface area contributed by atoms with Crippen molar-refractivity contribution >= 4 is 35.6 Å². The lowest BCUT2D eigenvalue weighted by atomic mass is 10.2. The summed E-state index contributed by atoms with van der Waals surface area (Å²) in [6.45, 7) is 9.89. The summed E-state index contributed by atoms with van der Waals surface area (Å²) in [7, 11) is 0. The topological polar surface area (TPSA) is 39.7 Å². The van der Waals surface area contributed by atoms with Crippen molar-refractivity contribution in [3.8, 4) is 0 Å². The zero-order valence-electron chi connectivity index (χ0n) is 13.7. The molecule has 0 amide bonds. The van der Waals surface area contributed by atoms with Crippen molar-refractivity contribution < 1.29 is 0 Å². The number of guanidine groups is 1. The zero-order valence-corrected chi connectivity index (χ0v) is 16.0. The number of aliphatic imine (C=N–C) groups is 1. The molecule has 0 saturated heterocycles. The molecule has 0 aromatic heterocycles. The van der Waals surface area contributed by atoms with Crippen LogP contribution in [-0.4, -0.2) is 31.6 Å². The maximum Gasteiger partial charge on any atom is 0.191 e. The second-order valence-corrected chi connectivity index (χ2v) is 5.54. The van der Waals surface area contributed by atoms with E-state index in [-0.39, 0.29) is 24.0 Å². The van der Waals surface area contributed by atoms with E-state index < -0.39 is 0 Å². The molecule has 0 atom stereocenters. The molecule has 0 aliphatic carbocycles. The third kappa shape index (κ3) is 5.87. The first-order valence-electron chi connectivity index (χ1n) is 7.72. The van der Waals surface area contributed by atoms with Crippen LogP contribution in [0.5, 0.6) is 0 Å².